The van der Waals surface area contributed by atoms with Gasteiger partial charge in [0.25, 0.3) is 5.91 Å². The summed E-state index contributed by atoms with van der Waals surface area (Å²) in [5.74, 6) is -0.0634. The highest BCUT2D eigenvalue weighted by Crippen LogP contribution is 2.29. The molecule has 4 rings (SSSR count). The van der Waals surface area contributed by atoms with Gasteiger partial charge in [-0.25, -0.2) is 4.68 Å². The van der Waals surface area contributed by atoms with Crippen LogP contribution in [0.2, 0.25) is 0 Å². The molecular weight excluding hydrogens is 356 g/mol. The van der Waals surface area contributed by atoms with Crippen molar-refractivity contribution in [3.8, 4) is 5.69 Å². The summed E-state index contributed by atoms with van der Waals surface area (Å²) in [6.45, 7) is 1.55. The largest absolute Gasteiger partial charge is 0.324 e. The summed E-state index contributed by atoms with van der Waals surface area (Å²) in [5, 5.41) is 21.8. The van der Waals surface area contributed by atoms with Crippen LogP contribution in [-0.2, 0) is 10.3 Å². The van der Waals surface area contributed by atoms with Crippen LogP contribution in [0.1, 0.15) is 12.8 Å². The molecule has 0 bridgehead atoms. The summed E-state index contributed by atoms with van der Waals surface area (Å²) in [7, 11) is 0. The van der Waals surface area contributed by atoms with E-state index in [1.807, 2.05) is 36.5 Å². The van der Waals surface area contributed by atoms with E-state index in [0.717, 1.165) is 18.8 Å². The van der Waals surface area contributed by atoms with Crippen molar-refractivity contribution in [2.75, 3.05) is 18.4 Å². The highest BCUT2D eigenvalue weighted by molar-refractivity contribution is 5.97. The lowest BCUT2D eigenvalue weighted by atomic mass is 9.87. The molecule has 9 nitrogen and oxygen atoms in total. The summed E-state index contributed by atoms with van der Waals surface area (Å²) < 4.78 is 3.32. The Morgan fingerprint density at radius 1 is 1.23 bits per heavy atom. The quantitative estimate of drug-likeness (QED) is 0.706. The van der Waals surface area contributed by atoms with E-state index in [-0.39, 0.29) is 18.3 Å². The second kappa shape index (κ2) is 7.63. The molecule has 1 saturated heterocycles. The van der Waals surface area contributed by atoms with Gasteiger partial charge in [-0.2, -0.15) is 5.10 Å². The third-order valence-corrected chi connectivity index (χ3v) is 4.51. The van der Waals surface area contributed by atoms with Crippen molar-refractivity contribution in [3.63, 3.8) is 0 Å². The molecule has 2 N–H and O–H groups in total. The maximum absolute atomic E-state index is 13.1. The predicted molar refractivity (Wildman–Crippen MR) is 97.3 cm³/mol. The van der Waals surface area contributed by atoms with Crippen molar-refractivity contribution in [2.45, 2.75) is 18.4 Å². The van der Waals surface area contributed by atoms with E-state index in [0.29, 0.717) is 18.5 Å². The molecule has 0 atom stereocenters. The van der Waals surface area contributed by atoms with Crippen molar-refractivity contribution in [1.82, 2.24) is 35.3 Å². The zero-order valence-corrected chi connectivity index (χ0v) is 14.8. The Morgan fingerprint density at radius 2 is 2.08 bits per heavy atom. The minimum absolute atomic E-state index is 0. The van der Waals surface area contributed by atoms with Gasteiger partial charge in [-0.15, -0.1) is 17.5 Å². The molecule has 0 unspecified atom stereocenters. The Balaban J connectivity index is 0.00000196. The summed E-state index contributed by atoms with van der Waals surface area (Å²) in [5.41, 5.74) is 0.795. The molecule has 0 aliphatic carbocycles. The fourth-order valence-electron chi connectivity index (χ4n) is 3.18. The lowest BCUT2D eigenvalue weighted by Crippen LogP contribution is -2.52. The minimum atomic E-state index is -0.681. The fourth-order valence-corrected chi connectivity index (χ4v) is 3.18. The lowest BCUT2D eigenvalue weighted by molar-refractivity contribution is -0.126. The molecule has 1 aliphatic rings. The van der Waals surface area contributed by atoms with E-state index >= 15 is 0 Å². The second-order valence-corrected chi connectivity index (χ2v) is 5.99. The second-order valence-electron chi connectivity index (χ2n) is 5.99. The highest BCUT2D eigenvalue weighted by Gasteiger charge is 2.42. The van der Waals surface area contributed by atoms with Crippen LogP contribution in [0.25, 0.3) is 5.69 Å². The fraction of sp³-hybridized carbons (Fsp3) is 0.312. The van der Waals surface area contributed by atoms with Gasteiger partial charge < -0.3 is 10.6 Å². The zero-order valence-electron chi connectivity index (χ0n) is 13.9. The lowest BCUT2D eigenvalue weighted by Gasteiger charge is -2.36. The number of tetrazole rings is 1. The Hall–Kier alpha value is -2.78. The van der Waals surface area contributed by atoms with Gasteiger partial charge in [-0.3, -0.25) is 9.48 Å². The monoisotopic (exact) mass is 374 g/mol. The number of hydrogen-bond acceptors (Lipinski definition) is 6. The van der Waals surface area contributed by atoms with Gasteiger partial charge in [0.2, 0.25) is 0 Å². The average Bonchev–Trinajstić information content (AvgIpc) is 3.36. The van der Waals surface area contributed by atoms with Crippen LogP contribution < -0.4 is 10.6 Å². The smallest absolute Gasteiger partial charge is 0.252 e. The van der Waals surface area contributed by atoms with Crippen LogP contribution in [0.5, 0.6) is 0 Å². The van der Waals surface area contributed by atoms with Gasteiger partial charge in [-0.05, 0) is 60.6 Å². The first-order valence-electron chi connectivity index (χ1n) is 8.14. The number of halogens is 1. The number of hydrogen-bond donors (Lipinski definition) is 2. The number of benzene rings is 1. The molecule has 1 aliphatic heterocycles. The van der Waals surface area contributed by atoms with Gasteiger partial charge in [0.05, 0.1) is 5.69 Å². The first-order chi connectivity index (χ1) is 12.3. The average molecular weight is 375 g/mol. The van der Waals surface area contributed by atoms with E-state index in [9.17, 15) is 4.79 Å². The number of carbonyl (C=O) groups is 1. The molecule has 1 aromatic carbocycles. The first-order valence-corrected chi connectivity index (χ1v) is 8.14. The van der Waals surface area contributed by atoms with E-state index in [2.05, 4.69) is 31.3 Å². The van der Waals surface area contributed by atoms with Crippen molar-refractivity contribution in [1.29, 1.82) is 0 Å². The number of anilines is 1. The first kappa shape index (κ1) is 18.0. The number of carbonyl (C=O) groups excluding carboxylic acids is 1. The van der Waals surface area contributed by atoms with Crippen LogP contribution in [0.4, 0.5) is 5.69 Å². The molecular formula is C16H19ClN8O. The number of rotatable bonds is 4. The molecule has 0 radical (unpaired) electrons. The Morgan fingerprint density at radius 3 is 2.77 bits per heavy atom. The molecule has 3 aromatic rings. The molecule has 0 spiro atoms. The van der Waals surface area contributed by atoms with Crippen molar-refractivity contribution >= 4 is 24.0 Å². The van der Waals surface area contributed by atoms with Crippen LogP contribution in [0.15, 0.2) is 49.1 Å². The van der Waals surface area contributed by atoms with E-state index < -0.39 is 5.54 Å². The zero-order chi connectivity index (χ0) is 17.1. The SMILES string of the molecule is Cl.O=C(Nc1cccc(-n2cnnn2)c1)C1(n2cccn2)CCNCC1. The van der Waals surface area contributed by atoms with Crippen LogP contribution in [0.3, 0.4) is 0 Å². The normalized spacial score (nSPS) is 15.8. The molecule has 26 heavy (non-hydrogen) atoms. The Labute approximate surface area is 156 Å². The van der Waals surface area contributed by atoms with Gasteiger partial charge in [-0.1, -0.05) is 6.07 Å². The third-order valence-electron chi connectivity index (χ3n) is 4.51. The third kappa shape index (κ3) is 3.31. The number of piperidine rings is 1. The number of nitrogens with one attached hydrogen (secondary N) is 2. The van der Waals surface area contributed by atoms with Crippen molar-refractivity contribution in [2.24, 2.45) is 0 Å². The van der Waals surface area contributed by atoms with E-state index in [1.54, 1.807) is 15.6 Å². The van der Waals surface area contributed by atoms with Crippen LogP contribution in [-0.4, -0.2) is 49.0 Å². The number of aromatic nitrogens is 6. The summed E-state index contributed by atoms with van der Waals surface area (Å²) in [6.07, 6.45) is 6.44. The molecule has 0 saturated carbocycles. The van der Waals surface area contributed by atoms with E-state index in [1.165, 1.54) is 6.33 Å². The van der Waals surface area contributed by atoms with Crippen LogP contribution in [0, 0.1) is 0 Å². The topological polar surface area (TPSA) is 103 Å². The predicted octanol–water partition coefficient (Wildman–Crippen LogP) is 0.998. The Kier molecular flexibility index (Phi) is 5.29. The van der Waals surface area contributed by atoms with Crippen LogP contribution >= 0.6 is 12.4 Å². The Bertz CT molecular complexity index is 843. The van der Waals surface area contributed by atoms with Gasteiger partial charge in [0.1, 0.15) is 11.9 Å². The van der Waals surface area contributed by atoms with E-state index in [4.69, 9.17) is 0 Å². The molecule has 136 valence electrons. The maximum atomic E-state index is 13.1. The summed E-state index contributed by atoms with van der Waals surface area (Å²) >= 11 is 0. The molecule has 3 heterocycles. The molecule has 10 heteroatoms. The summed E-state index contributed by atoms with van der Waals surface area (Å²) in [4.78, 5) is 13.1. The maximum Gasteiger partial charge on any atom is 0.252 e. The summed E-state index contributed by atoms with van der Waals surface area (Å²) in [6, 6.07) is 9.26. The standard InChI is InChI=1S/C16H18N8O.ClH/c25-15(16(5-8-17-9-6-16)24-10-2-7-19-24)20-13-3-1-4-14(11-13)23-12-18-21-22-23;/h1-4,7,10-12,17H,5-6,8-9H2,(H,20,25);1H. The van der Waals surface area contributed by atoms with Gasteiger partial charge in [0, 0.05) is 18.1 Å². The number of amides is 1. The van der Waals surface area contributed by atoms with Crippen molar-refractivity contribution in [3.05, 3.63) is 49.1 Å². The highest BCUT2D eigenvalue weighted by atomic mass is 35.5. The molecule has 2 aromatic heterocycles. The van der Waals surface area contributed by atoms with Gasteiger partial charge >= 0.3 is 0 Å². The van der Waals surface area contributed by atoms with Gasteiger partial charge in [0.15, 0.2) is 0 Å². The number of nitrogens with zero attached hydrogens (tertiary/aromatic N) is 6. The molecule has 1 amide bonds. The molecule has 1 fully saturated rings. The minimum Gasteiger partial charge on any atom is -0.324 e. The van der Waals surface area contributed by atoms with Crippen molar-refractivity contribution < 1.29 is 4.79 Å².